The van der Waals surface area contributed by atoms with Crippen LogP contribution < -0.4 is 0 Å². The number of esters is 1. The van der Waals surface area contributed by atoms with Crippen LogP contribution in [0.5, 0.6) is 0 Å². The monoisotopic (exact) mass is 348 g/mol. The Balaban J connectivity index is 2.77. The van der Waals surface area contributed by atoms with Crippen molar-refractivity contribution in [2.75, 3.05) is 6.61 Å². The van der Waals surface area contributed by atoms with Gasteiger partial charge in [-0.25, -0.2) is 0 Å². The Kier molecular flexibility index (Phi) is 9.90. The summed E-state index contributed by atoms with van der Waals surface area (Å²) in [6, 6.07) is 10.2. The van der Waals surface area contributed by atoms with Crippen molar-refractivity contribution in [2.24, 2.45) is 11.8 Å². The van der Waals surface area contributed by atoms with Crippen LogP contribution in [0.25, 0.3) is 0 Å². The maximum Gasteiger partial charge on any atom is 0.308 e. The summed E-state index contributed by atoms with van der Waals surface area (Å²) in [4.78, 5) is 23.6. The molecule has 1 rings (SSSR count). The lowest BCUT2D eigenvalue weighted by Gasteiger charge is -2.23. The summed E-state index contributed by atoms with van der Waals surface area (Å²) in [5.41, 5.74) is 1.22. The van der Waals surface area contributed by atoms with E-state index in [-0.39, 0.29) is 17.8 Å². The summed E-state index contributed by atoms with van der Waals surface area (Å²) in [5.74, 6) is -1.40. The number of rotatable bonds is 12. The van der Waals surface area contributed by atoms with Gasteiger partial charge in [-0.1, -0.05) is 57.5 Å². The Hall–Kier alpha value is -1.84. The molecule has 0 fully saturated rings. The van der Waals surface area contributed by atoms with Crippen LogP contribution in [0.2, 0.25) is 0 Å². The molecule has 0 heterocycles. The van der Waals surface area contributed by atoms with Gasteiger partial charge in [-0.15, -0.1) is 0 Å². The van der Waals surface area contributed by atoms with Crippen molar-refractivity contribution < 1.29 is 19.4 Å². The third kappa shape index (κ3) is 7.72. The van der Waals surface area contributed by atoms with Crippen molar-refractivity contribution >= 4 is 11.9 Å². The van der Waals surface area contributed by atoms with E-state index in [9.17, 15) is 9.59 Å². The standard InChI is InChI=1S/C21H32O4/c1-4-6-14-25-21(24)19(13-12-16(3)20(22)23)15-17(5-2)18-10-8-7-9-11-18/h7-11,16-17,19H,4-6,12-15H2,1-3H3,(H,22,23). The van der Waals surface area contributed by atoms with Crippen LogP contribution in [0.3, 0.4) is 0 Å². The molecule has 0 spiro atoms. The zero-order valence-electron chi connectivity index (χ0n) is 15.7. The molecule has 0 amide bonds. The van der Waals surface area contributed by atoms with E-state index in [0.717, 1.165) is 19.3 Å². The highest BCUT2D eigenvalue weighted by Gasteiger charge is 2.26. The van der Waals surface area contributed by atoms with Crippen LogP contribution >= 0.6 is 0 Å². The lowest BCUT2D eigenvalue weighted by molar-refractivity contribution is -0.150. The molecule has 25 heavy (non-hydrogen) atoms. The highest BCUT2D eigenvalue weighted by atomic mass is 16.5. The predicted octanol–water partition coefficient (Wildman–Crippen LogP) is 5.03. The van der Waals surface area contributed by atoms with E-state index in [1.807, 2.05) is 18.2 Å². The third-order valence-electron chi connectivity index (χ3n) is 4.78. The van der Waals surface area contributed by atoms with Crippen LogP contribution in [0.15, 0.2) is 30.3 Å². The second-order valence-corrected chi connectivity index (χ2v) is 6.79. The molecule has 4 heteroatoms. The van der Waals surface area contributed by atoms with E-state index in [1.54, 1.807) is 6.92 Å². The molecule has 1 aromatic rings. The molecule has 0 aliphatic carbocycles. The molecule has 3 atom stereocenters. The molecule has 0 radical (unpaired) electrons. The zero-order valence-corrected chi connectivity index (χ0v) is 15.7. The normalized spacial score (nSPS) is 14.5. The molecule has 0 bridgehead atoms. The molecule has 0 aliphatic rings. The summed E-state index contributed by atoms with van der Waals surface area (Å²) in [6.07, 6.45) is 4.54. The summed E-state index contributed by atoms with van der Waals surface area (Å²) >= 11 is 0. The fraction of sp³-hybridized carbons (Fsp3) is 0.619. The van der Waals surface area contributed by atoms with Gasteiger partial charge in [0.15, 0.2) is 0 Å². The van der Waals surface area contributed by atoms with E-state index in [0.29, 0.717) is 25.9 Å². The number of aliphatic carboxylic acids is 1. The van der Waals surface area contributed by atoms with E-state index in [1.165, 1.54) is 5.56 Å². The van der Waals surface area contributed by atoms with Gasteiger partial charge in [-0.2, -0.15) is 0 Å². The Labute approximate surface area is 151 Å². The maximum absolute atomic E-state index is 12.5. The predicted molar refractivity (Wildman–Crippen MR) is 99.5 cm³/mol. The number of hydrogen-bond donors (Lipinski definition) is 1. The molecule has 0 saturated heterocycles. The van der Waals surface area contributed by atoms with Crippen molar-refractivity contribution in [3.8, 4) is 0 Å². The number of carbonyl (C=O) groups is 2. The minimum Gasteiger partial charge on any atom is -0.481 e. The molecule has 1 aromatic carbocycles. The zero-order chi connectivity index (χ0) is 18.7. The molecule has 4 nitrogen and oxygen atoms in total. The Morgan fingerprint density at radius 2 is 1.80 bits per heavy atom. The van der Waals surface area contributed by atoms with Crippen molar-refractivity contribution in [1.29, 1.82) is 0 Å². The molecule has 1 N–H and O–H groups in total. The average Bonchev–Trinajstić information content (AvgIpc) is 2.62. The minimum absolute atomic E-state index is 0.180. The van der Waals surface area contributed by atoms with Gasteiger partial charge in [0.1, 0.15) is 0 Å². The fourth-order valence-corrected chi connectivity index (χ4v) is 2.95. The van der Waals surface area contributed by atoms with Crippen molar-refractivity contribution in [3.63, 3.8) is 0 Å². The summed E-state index contributed by atoms with van der Waals surface area (Å²) in [7, 11) is 0. The number of unbranched alkanes of at least 4 members (excludes halogenated alkanes) is 1. The molecule has 0 saturated carbocycles. The van der Waals surface area contributed by atoms with Gasteiger partial charge in [-0.3, -0.25) is 9.59 Å². The smallest absolute Gasteiger partial charge is 0.308 e. The second-order valence-electron chi connectivity index (χ2n) is 6.79. The minimum atomic E-state index is -0.812. The Morgan fingerprint density at radius 3 is 2.36 bits per heavy atom. The maximum atomic E-state index is 12.5. The summed E-state index contributed by atoms with van der Waals surface area (Å²) in [6.45, 7) is 6.32. The van der Waals surface area contributed by atoms with E-state index in [2.05, 4.69) is 26.0 Å². The lowest BCUT2D eigenvalue weighted by Crippen LogP contribution is -2.22. The quantitative estimate of drug-likeness (QED) is 0.425. The Bertz CT molecular complexity index is 512. The molecular formula is C21H32O4. The van der Waals surface area contributed by atoms with Gasteiger partial charge < -0.3 is 9.84 Å². The van der Waals surface area contributed by atoms with Crippen molar-refractivity contribution in [3.05, 3.63) is 35.9 Å². The molecule has 140 valence electrons. The first-order valence-electron chi connectivity index (χ1n) is 9.43. The molecule has 3 unspecified atom stereocenters. The number of carboxylic acids is 1. The number of carboxylic acid groups (broad SMARTS) is 1. The van der Waals surface area contributed by atoms with E-state index < -0.39 is 11.9 Å². The van der Waals surface area contributed by atoms with Gasteiger partial charge in [-0.05, 0) is 43.6 Å². The van der Waals surface area contributed by atoms with Gasteiger partial charge in [0, 0.05) is 0 Å². The van der Waals surface area contributed by atoms with Crippen molar-refractivity contribution in [1.82, 2.24) is 0 Å². The largest absolute Gasteiger partial charge is 0.481 e. The first-order chi connectivity index (χ1) is 12.0. The Morgan fingerprint density at radius 1 is 1.12 bits per heavy atom. The van der Waals surface area contributed by atoms with Gasteiger partial charge in [0.25, 0.3) is 0 Å². The number of carbonyl (C=O) groups excluding carboxylic acids is 1. The number of ether oxygens (including phenoxy) is 1. The summed E-state index contributed by atoms with van der Waals surface area (Å²) < 4.78 is 5.43. The van der Waals surface area contributed by atoms with E-state index in [4.69, 9.17) is 9.84 Å². The van der Waals surface area contributed by atoms with Crippen LogP contribution in [0.4, 0.5) is 0 Å². The third-order valence-corrected chi connectivity index (χ3v) is 4.78. The highest BCUT2D eigenvalue weighted by molar-refractivity contribution is 5.73. The molecule has 0 aliphatic heterocycles. The fourth-order valence-electron chi connectivity index (χ4n) is 2.95. The summed E-state index contributed by atoms with van der Waals surface area (Å²) in [5, 5.41) is 9.10. The van der Waals surface area contributed by atoms with Gasteiger partial charge >= 0.3 is 11.9 Å². The molecule has 0 aromatic heterocycles. The van der Waals surface area contributed by atoms with Crippen LogP contribution in [0.1, 0.15) is 70.8 Å². The SMILES string of the molecule is CCCCOC(=O)C(CCC(C)C(=O)O)CC(CC)c1ccccc1. The highest BCUT2D eigenvalue weighted by Crippen LogP contribution is 2.30. The van der Waals surface area contributed by atoms with Crippen LogP contribution in [-0.2, 0) is 14.3 Å². The van der Waals surface area contributed by atoms with Gasteiger partial charge in [0.2, 0.25) is 0 Å². The topological polar surface area (TPSA) is 63.6 Å². The first-order valence-corrected chi connectivity index (χ1v) is 9.43. The van der Waals surface area contributed by atoms with E-state index >= 15 is 0 Å². The number of hydrogen-bond acceptors (Lipinski definition) is 3. The van der Waals surface area contributed by atoms with Crippen molar-refractivity contribution in [2.45, 2.75) is 65.2 Å². The van der Waals surface area contributed by atoms with Crippen LogP contribution in [0, 0.1) is 11.8 Å². The van der Waals surface area contributed by atoms with Crippen LogP contribution in [-0.4, -0.2) is 23.7 Å². The van der Waals surface area contributed by atoms with Gasteiger partial charge in [0.05, 0.1) is 18.4 Å². The second kappa shape index (κ2) is 11.7. The first kappa shape index (κ1) is 21.2. The average molecular weight is 348 g/mol. The lowest BCUT2D eigenvalue weighted by atomic mass is 9.84. The molecular weight excluding hydrogens is 316 g/mol. The number of benzene rings is 1.